The summed E-state index contributed by atoms with van der Waals surface area (Å²) in [7, 11) is 0. The van der Waals surface area contributed by atoms with Gasteiger partial charge in [-0.3, -0.25) is 10.1 Å². The number of rotatable bonds is 4. The third kappa shape index (κ3) is 3.33. The molecule has 7 heteroatoms. The van der Waals surface area contributed by atoms with E-state index in [0.717, 1.165) is 6.08 Å². The van der Waals surface area contributed by atoms with Gasteiger partial charge in [-0.15, -0.1) is 0 Å². The van der Waals surface area contributed by atoms with Gasteiger partial charge < -0.3 is 14.7 Å². The summed E-state index contributed by atoms with van der Waals surface area (Å²) in [5, 5.41) is 19.7. The maximum absolute atomic E-state index is 11.2. The first-order valence-corrected chi connectivity index (χ1v) is 6.10. The quantitative estimate of drug-likeness (QED) is 0.510. The molecule has 0 amide bonds. The molecule has 20 heavy (non-hydrogen) atoms. The minimum absolute atomic E-state index is 0.0283. The Balaban J connectivity index is 2.32. The monoisotopic (exact) mass is 278 g/mol. The fourth-order valence-corrected chi connectivity index (χ4v) is 2.03. The molecule has 0 atom stereocenters. The van der Waals surface area contributed by atoms with E-state index in [9.17, 15) is 14.9 Å². The summed E-state index contributed by atoms with van der Waals surface area (Å²) >= 11 is 0. The lowest BCUT2D eigenvalue weighted by Crippen LogP contribution is -2.36. The van der Waals surface area contributed by atoms with Crippen LogP contribution in [0.3, 0.4) is 0 Å². The Morgan fingerprint density at radius 3 is 2.70 bits per heavy atom. The lowest BCUT2D eigenvalue weighted by Gasteiger charge is -2.28. The van der Waals surface area contributed by atoms with E-state index in [-0.39, 0.29) is 5.69 Å². The standard InChI is InChI=1S/C13H14N2O5/c16-13(17)4-2-10-1-3-11(12(9-10)15(18)19)14-5-7-20-8-6-14/h1-4,9H,5-8H2,(H,16,17)/b4-2-. The second-order valence-corrected chi connectivity index (χ2v) is 4.28. The number of benzene rings is 1. The van der Waals surface area contributed by atoms with Gasteiger partial charge in [-0.25, -0.2) is 4.79 Å². The van der Waals surface area contributed by atoms with Crippen LogP contribution in [0.25, 0.3) is 6.08 Å². The third-order valence-corrected chi connectivity index (χ3v) is 2.97. The van der Waals surface area contributed by atoms with E-state index in [4.69, 9.17) is 9.84 Å². The summed E-state index contributed by atoms with van der Waals surface area (Å²) in [4.78, 5) is 23.1. The third-order valence-electron chi connectivity index (χ3n) is 2.97. The van der Waals surface area contributed by atoms with Crippen LogP contribution in [-0.4, -0.2) is 42.3 Å². The molecule has 1 fully saturated rings. The van der Waals surface area contributed by atoms with E-state index in [2.05, 4.69) is 0 Å². The van der Waals surface area contributed by atoms with Gasteiger partial charge >= 0.3 is 5.97 Å². The highest BCUT2D eigenvalue weighted by molar-refractivity contribution is 5.85. The number of hydrogen-bond acceptors (Lipinski definition) is 5. The Labute approximate surface area is 115 Å². The van der Waals surface area contributed by atoms with Gasteiger partial charge in [0.25, 0.3) is 5.69 Å². The molecule has 0 unspecified atom stereocenters. The minimum Gasteiger partial charge on any atom is -0.478 e. The van der Waals surface area contributed by atoms with Crippen LogP contribution in [0.1, 0.15) is 5.56 Å². The van der Waals surface area contributed by atoms with Crippen molar-refractivity contribution in [2.45, 2.75) is 0 Å². The highest BCUT2D eigenvalue weighted by Gasteiger charge is 2.21. The van der Waals surface area contributed by atoms with Crippen molar-refractivity contribution >= 4 is 23.4 Å². The molecule has 2 rings (SSSR count). The Hall–Kier alpha value is -2.41. The van der Waals surface area contributed by atoms with Crippen molar-refractivity contribution in [1.29, 1.82) is 0 Å². The molecule has 1 aliphatic heterocycles. The van der Waals surface area contributed by atoms with Crippen molar-refractivity contribution in [3.63, 3.8) is 0 Å². The van der Waals surface area contributed by atoms with Crippen molar-refractivity contribution in [3.05, 3.63) is 40.0 Å². The number of ether oxygens (including phenoxy) is 1. The first-order valence-electron chi connectivity index (χ1n) is 6.10. The molecular formula is C13H14N2O5. The van der Waals surface area contributed by atoms with Crippen molar-refractivity contribution in [1.82, 2.24) is 0 Å². The molecule has 7 nitrogen and oxygen atoms in total. The number of morpholine rings is 1. The SMILES string of the molecule is O=C(O)/C=C\c1ccc(N2CCOCC2)c([N+](=O)[O-])c1. The predicted molar refractivity (Wildman–Crippen MR) is 72.8 cm³/mol. The number of nitro groups is 1. The fourth-order valence-electron chi connectivity index (χ4n) is 2.03. The summed E-state index contributed by atoms with van der Waals surface area (Å²) in [6.07, 6.45) is 2.28. The second-order valence-electron chi connectivity index (χ2n) is 4.28. The molecule has 0 bridgehead atoms. The van der Waals surface area contributed by atoms with Gasteiger partial charge in [0, 0.05) is 25.2 Å². The molecule has 0 radical (unpaired) electrons. The number of carbonyl (C=O) groups is 1. The summed E-state index contributed by atoms with van der Waals surface area (Å²) in [6.45, 7) is 2.28. The Bertz CT molecular complexity index is 550. The number of carboxylic acids is 1. The number of hydrogen-bond donors (Lipinski definition) is 1. The second kappa shape index (κ2) is 6.16. The number of carboxylic acid groups (broad SMARTS) is 1. The van der Waals surface area contributed by atoms with Gasteiger partial charge in [0.1, 0.15) is 5.69 Å². The Kier molecular flexibility index (Phi) is 4.31. The van der Waals surface area contributed by atoms with E-state index in [1.807, 2.05) is 4.90 Å². The van der Waals surface area contributed by atoms with Gasteiger partial charge in [0.2, 0.25) is 0 Å². The molecule has 0 aromatic heterocycles. The van der Waals surface area contributed by atoms with E-state index < -0.39 is 10.9 Å². The molecule has 1 saturated heterocycles. The highest BCUT2D eigenvalue weighted by atomic mass is 16.6. The van der Waals surface area contributed by atoms with E-state index >= 15 is 0 Å². The normalized spacial score (nSPS) is 15.5. The summed E-state index contributed by atoms with van der Waals surface area (Å²) < 4.78 is 5.22. The first-order chi connectivity index (χ1) is 9.58. The molecule has 0 aliphatic carbocycles. The average molecular weight is 278 g/mol. The van der Waals surface area contributed by atoms with E-state index in [0.29, 0.717) is 37.6 Å². The molecule has 0 spiro atoms. The molecule has 1 aromatic carbocycles. The number of nitrogens with zero attached hydrogens (tertiary/aromatic N) is 2. The van der Waals surface area contributed by atoms with Crippen LogP contribution in [0, 0.1) is 10.1 Å². The molecule has 1 aliphatic rings. The van der Waals surface area contributed by atoms with Gasteiger partial charge in [0.05, 0.1) is 18.1 Å². The average Bonchev–Trinajstić information content (AvgIpc) is 2.45. The van der Waals surface area contributed by atoms with Gasteiger partial charge in [-0.2, -0.15) is 0 Å². The molecule has 1 heterocycles. The van der Waals surface area contributed by atoms with Crippen LogP contribution in [-0.2, 0) is 9.53 Å². The minimum atomic E-state index is -1.09. The zero-order valence-electron chi connectivity index (χ0n) is 10.7. The largest absolute Gasteiger partial charge is 0.478 e. The van der Waals surface area contributed by atoms with Gasteiger partial charge in [0.15, 0.2) is 0 Å². The highest BCUT2D eigenvalue weighted by Crippen LogP contribution is 2.30. The molecule has 106 valence electrons. The lowest BCUT2D eigenvalue weighted by atomic mass is 10.1. The van der Waals surface area contributed by atoms with Crippen molar-refractivity contribution in [3.8, 4) is 0 Å². The summed E-state index contributed by atoms with van der Waals surface area (Å²) in [5.41, 5.74) is 0.987. The molecular weight excluding hydrogens is 264 g/mol. The van der Waals surface area contributed by atoms with Crippen LogP contribution < -0.4 is 4.90 Å². The molecule has 1 N–H and O–H groups in total. The van der Waals surface area contributed by atoms with E-state index in [1.54, 1.807) is 12.1 Å². The van der Waals surface area contributed by atoms with Crippen LogP contribution >= 0.6 is 0 Å². The maximum atomic E-state index is 11.2. The number of aliphatic carboxylic acids is 1. The van der Waals surface area contributed by atoms with Crippen LogP contribution in [0.15, 0.2) is 24.3 Å². The van der Waals surface area contributed by atoms with E-state index in [1.165, 1.54) is 12.1 Å². The van der Waals surface area contributed by atoms with Crippen molar-refractivity contribution in [2.75, 3.05) is 31.2 Å². The Morgan fingerprint density at radius 1 is 1.40 bits per heavy atom. The first kappa shape index (κ1) is 14.0. The summed E-state index contributed by atoms with van der Waals surface area (Å²) in [5.74, 6) is -1.09. The molecule has 1 aromatic rings. The topological polar surface area (TPSA) is 92.9 Å². The Morgan fingerprint density at radius 2 is 2.10 bits per heavy atom. The zero-order chi connectivity index (χ0) is 14.5. The number of anilines is 1. The van der Waals surface area contributed by atoms with Gasteiger partial charge in [-0.05, 0) is 17.7 Å². The fraction of sp³-hybridized carbons (Fsp3) is 0.308. The zero-order valence-corrected chi connectivity index (χ0v) is 10.7. The predicted octanol–water partition coefficient (Wildman–Crippen LogP) is 1.53. The van der Waals surface area contributed by atoms with Crippen LogP contribution in [0.4, 0.5) is 11.4 Å². The van der Waals surface area contributed by atoms with Crippen LogP contribution in [0.5, 0.6) is 0 Å². The number of nitro benzene ring substituents is 1. The molecule has 0 saturated carbocycles. The lowest BCUT2D eigenvalue weighted by molar-refractivity contribution is -0.384. The maximum Gasteiger partial charge on any atom is 0.328 e. The van der Waals surface area contributed by atoms with Gasteiger partial charge in [-0.1, -0.05) is 6.07 Å². The van der Waals surface area contributed by atoms with Crippen LogP contribution in [0.2, 0.25) is 0 Å². The smallest absolute Gasteiger partial charge is 0.328 e. The van der Waals surface area contributed by atoms with Crippen molar-refractivity contribution in [2.24, 2.45) is 0 Å². The summed E-state index contributed by atoms with van der Waals surface area (Å²) in [6, 6.07) is 4.69. The van der Waals surface area contributed by atoms with Crippen molar-refractivity contribution < 1.29 is 19.6 Å².